The highest BCUT2D eigenvalue weighted by Crippen LogP contribution is 2.35. The molecule has 0 aliphatic heterocycles. The third-order valence-electron chi connectivity index (χ3n) is 3.13. The fraction of sp³-hybridized carbons (Fsp3) is 0.733. The molecule has 0 saturated carbocycles. The third kappa shape index (κ3) is 7.27. The molecule has 0 radical (unpaired) electrons. The van der Waals surface area contributed by atoms with Crippen LogP contribution in [0.3, 0.4) is 0 Å². The van der Waals surface area contributed by atoms with Crippen LogP contribution in [-0.2, 0) is 14.3 Å². The van der Waals surface area contributed by atoms with Crippen LogP contribution in [0.25, 0.3) is 0 Å². The van der Waals surface area contributed by atoms with E-state index in [4.69, 9.17) is 4.74 Å². The molecule has 0 bridgehead atoms. The van der Waals surface area contributed by atoms with Gasteiger partial charge in [0, 0.05) is 0 Å². The summed E-state index contributed by atoms with van der Waals surface area (Å²) >= 11 is 0. The Balaban J connectivity index is 4.55. The predicted molar refractivity (Wildman–Crippen MR) is 77.5 cm³/mol. The van der Waals surface area contributed by atoms with E-state index in [2.05, 4.69) is 6.58 Å². The van der Waals surface area contributed by atoms with Crippen molar-refractivity contribution in [3.8, 4) is 0 Å². The number of amides is 1. The number of esters is 1. The Bertz CT molecular complexity index is 424. The van der Waals surface area contributed by atoms with Crippen molar-refractivity contribution in [1.29, 1.82) is 0 Å². The molecule has 4 nitrogen and oxygen atoms in total. The molecule has 24 heavy (non-hydrogen) atoms. The van der Waals surface area contributed by atoms with Gasteiger partial charge in [0.1, 0.15) is 6.04 Å². The number of ether oxygens (including phenoxy) is 1. The molecule has 1 amide bonds. The zero-order chi connectivity index (χ0) is 18.8. The van der Waals surface area contributed by atoms with Crippen molar-refractivity contribution in [2.24, 2.45) is 0 Å². The van der Waals surface area contributed by atoms with Gasteiger partial charge >= 0.3 is 24.0 Å². The molecule has 0 heterocycles. The van der Waals surface area contributed by atoms with Crippen LogP contribution >= 0.6 is 0 Å². The molecule has 0 fully saturated rings. The van der Waals surface area contributed by atoms with Crippen LogP contribution in [0.5, 0.6) is 0 Å². The van der Waals surface area contributed by atoms with E-state index in [9.17, 15) is 31.5 Å². The highest BCUT2D eigenvalue weighted by Gasteiger charge is 2.63. The van der Waals surface area contributed by atoms with Crippen molar-refractivity contribution in [2.45, 2.75) is 63.6 Å². The minimum absolute atomic E-state index is 0.00171. The lowest BCUT2D eigenvalue weighted by atomic mass is 10.1. The molecule has 0 rings (SSSR count). The minimum atomic E-state index is -6.04. The van der Waals surface area contributed by atoms with Gasteiger partial charge < -0.3 is 10.1 Å². The second kappa shape index (κ2) is 10.2. The van der Waals surface area contributed by atoms with Gasteiger partial charge in [-0.15, -0.1) is 6.58 Å². The molecule has 1 N–H and O–H groups in total. The van der Waals surface area contributed by atoms with Crippen LogP contribution in [0, 0.1) is 0 Å². The molecule has 1 atom stereocenters. The maximum atomic E-state index is 12.9. The number of hydrogen-bond donors (Lipinski definition) is 1. The molecule has 0 spiro atoms. The lowest BCUT2D eigenvalue weighted by Gasteiger charge is -2.22. The fourth-order valence-electron chi connectivity index (χ4n) is 1.74. The van der Waals surface area contributed by atoms with Gasteiger partial charge in [-0.05, 0) is 12.8 Å². The summed E-state index contributed by atoms with van der Waals surface area (Å²) in [7, 11) is 0. The summed E-state index contributed by atoms with van der Waals surface area (Å²) in [6.07, 6.45) is -0.924. The number of carbonyl (C=O) groups is 2. The zero-order valence-corrected chi connectivity index (χ0v) is 13.4. The highest BCUT2D eigenvalue weighted by molar-refractivity contribution is 5.89. The van der Waals surface area contributed by atoms with Crippen LogP contribution in [0.2, 0.25) is 0 Å². The summed E-state index contributed by atoms with van der Waals surface area (Å²) in [6.45, 7) is 5.29. The first-order chi connectivity index (χ1) is 11.1. The molecule has 0 aromatic rings. The molecule has 140 valence electrons. The monoisotopic (exact) mass is 359 g/mol. The van der Waals surface area contributed by atoms with Gasteiger partial charge in [0.2, 0.25) is 0 Å². The summed E-state index contributed by atoms with van der Waals surface area (Å²) in [5.41, 5.74) is 0. The Labute approximate surface area is 137 Å². The van der Waals surface area contributed by atoms with Gasteiger partial charge in [-0.25, -0.2) is 4.79 Å². The Morgan fingerprint density at radius 3 is 2.21 bits per heavy atom. The Kier molecular flexibility index (Phi) is 9.53. The largest absolute Gasteiger partial charge is 0.464 e. The average molecular weight is 359 g/mol. The van der Waals surface area contributed by atoms with E-state index < -0.39 is 30.0 Å². The van der Waals surface area contributed by atoms with Crippen LogP contribution in [0.15, 0.2) is 12.7 Å². The number of alkyl halides is 5. The highest BCUT2D eigenvalue weighted by atomic mass is 19.4. The Morgan fingerprint density at radius 2 is 1.71 bits per heavy atom. The minimum Gasteiger partial charge on any atom is -0.464 e. The second-order valence-corrected chi connectivity index (χ2v) is 5.20. The van der Waals surface area contributed by atoms with Crippen molar-refractivity contribution in [1.82, 2.24) is 5.32 Å². The zero-order valence-electron chi connectivity index (χ0n) is 13.4. The normalized spacial score (nSPS) is 13.2. The Morgan fingerprint density at radius 1 is 1.12 bits per heavy atom. The fourth-order valence-corrected chi connectivity index (χ4v) is 1.74. The predicted octanol–water partition coefficient (Wildman–Crippen LogP) is 3.76. The maximum absolute atomic E-state index is 12.9. The number of nitrogens with one attached hydrogen (secondary N) is 1. The first-order valence-electron chi connectivity index (χ1n) is 7.61. The van der Waals surface area contributed by atoms with Gasteiger partial charge in [-0.1, -0.05) is 38.7 Å². The third-order valence-corrected chi connectivity index (χ3v) is 3.13. The van der Waals surface area contributed by atoms with Crippen LogP contribution < -0.4 is 5.32 Å². The van der Waals surface area contributed by atoms with E-state index in [-0.39, 0.29) is 13.0 Å². The van der Waals surface area contributed by atoms with Gasteiger partial charge in [0.25, 0.3) is 0 Å². The van der Waals surface area contributed by atoms with Gasteiger partial charge in [0.15, 0.2) is 0 Å². The van der Waals surface area contributed by atoms with Crippen molar-refractivity contribution >= 4 is 11.9 Å². The molecule has 0 saturated heterocycles. The van der Waals surface area contributed by atoms with E-state index in [0.29, 0.717) is 6.42 Å². The quantitative estimate of drug-likeness (QED) is 0.265. The van der Waals surface area contributed by atoms with Crippen molar-refractivity contribution < 1.29 is 36.3 Å². The lowest BCUT2D eigenvalue weighted by Crippen LogP contribution is -2.54. The molecular formula is C15H22F5NO3. The number of hydrogen-bond acceptors (Lipinski definition) is 3. The summed E-state index contributed by atoms with van der Waals surface area (Å²) in [6, 6.07) is -1.64. The molecule has 0 aliphatic carbocycles. The number of halogens is 5. The topological polar surface area (TPSA) is 55.4 Å². The molecule has 0 aliphatic rings. The second-order valence-electron chi connectivity index (χ2n) is 5.20. The van der Waals surface area contributed by atoms with E-state index in [1.807, 2.05) is 6.92 Å². The molecule has 1 unspecified atom stereocenters. The number of unbranched alkanes of at least 4 members (excludes halogenated alkanes) is 4. The van der Waals surface area contributed by atoms with Crippen LogP contribution in [0.1, 0.15) is 45.4 Å². The summed E-state index contributed by atoms with van der Waals surface area (Å²) in [5, 5.41) is 1.37. The standard InChI is InChI=1S/C15H22F5NO3/c1-3-5-6-7-8-10-24-12(22)11(9-4-2)21-13(23)14(16,17)15(18,19)20/h4,11H,2-3,5-10H2,1H3,(H,21,23). The summed E-state index contributed by atoms with van der Waals surface area (Å²) in [5.74, 6) is -9.26. The van der Waals surface area contributed by atoms with Gasteiger partial charge in [-0.2, -0.15) is 22.0 Å². The number of carbonyl (C=O) groups excluding carboxylic acids is 2. The SMILES string of the molecule is C=CCC(NC(=O)C(F)(F)C(F)(F)F)C(=O)OCCCCCCC. The van der Waals surface area contributed by atoms with E-state index >= 15 is 0 Å². The van der Waals surface area contributed by atoms with E-state index in [1.165, 1.54) is 5.32 Å². The van der Waals surface area contributed by atoms with Gasteiger partial charge in [-0.3, -0.25) is 4.79 Å². The van der Waals surface area contributed by atoms with Gasteiger partial charge in [0.05, 0.1) is 6.61 Å². The molecular weight excluding hydrogens is 337 g/mol. The molecule has 9 heteroatoms. The first kappa shape index (κ1) is 22.3. The molecule has 0 aromatic carbocycles. The number of rotatable bonds is 11. The van der Waals surface area contributed by atoms with Crippen LogP contribution in [-0.4, -0.2) is 36.6 Å². The maximum Gasteiger partial charge on any atom is 0.463 e. The van der Waals surface area contributed by atoms with Crippen LogP contribution in [0.4, 0.5) is 22.0 Å². The summed E-state index contributed by atoms with van der Waals surface area (Å²) in [4.78, 5) is 22.8. The van der Waals surface area contributed by atoms with Crippen molar-refractivity contribution in [3.05, 3.63) is 12.7 Å². The Hall–Kier alpha value is -1.67. The summed E-state index contributed by atoms with van der Waals surface area (Å²) < 4.78 is 67.0. The van der Waals surface area contributed by atoms with Crippen molar-refractivity contribution in [3.63, 3.8) is 0 Å². The van der Waals surface area contributed by atoms with E-state index in [0.717, 1.165) is 31.8 Å². The van der Waals surface area contributed by atoms with E-state index in [1.54, 1.807) is 0 Å². The smallest absolute Gasteiger partial charge is 0.463 e. The lowest BCUT2D eigenvalue weighted by molar-refractivity contribution is -0.270. The first-order valence-corrected chi connectivity index (χ1v) is 7.61. The molecule has 0 aromatic heterocycles. The van der Waals surface area contributed by atoms with Crippen molar-refractivity contribution in [2.75, 3.05) is 6.61 Å². The average Bonchev–Trinajstić information content (AvgIpc) is 2.48.